The Balaban J connectivity index is 2.20. The summed E-state index contributed by atoms with van der Waals surface area (Å²) in [5, 5.41) is 6.05. The molecule has 0 saturated carbocycles. The molecule has 0 aliphatic rings. The molecule has 1 aromatic heterocycles. The molecule has 16 heavy (non-hydrogen) atoms. The monoisotopic (exact) mass is 230 g/mol. The zero-order chi connectivity index (χ0) is 11.4. The number of anilines is 3. The summed E-state index contributed by atoms with van der Waals surface area (Å²) in [5.41, 5.74) is 1.68. The van der Waals surface area contributed by atoms with Gasteiger partial charge in [-0.2, -0.15) is 0 Å². The fourth-order valence-electron chi connectivity index (χ4n) is 1.24. The Morgan fingerprint density at radius 2 is 1.94 bits per heavy atom. The van der Waals surface area contributed by atoms with E-state index in [0.717, 1.165) is 11.4 Å². The second-order valence-corrected chi connectivity index (χ2v) is 3.46. The molecule has 0 fully saturated rings. The van der Waals surface area contributed by atoms with Gasteiger partial charge < -0.3 is 10.5 Å². The summed E-state index contributed by atoms with van der Waals surface area (Å²) in [5.74, 6) is 0.633. The van der Waals surface area contributed by atoms with Crippen LogP contribution in [0.1, 0.15) is 0 Å². The lowest BCUT2D eigenvalue weighted by atomic mass is 10.2. The SMILES string of the molecule is [B]Nc1cccc(Nc2cc(Cl)ncn2)c1. The number of nitrogens with one attached hydrogen (secondary N) is 2. The molecule has 0 atom stereocenters. The van der Waals surface area contributed by atoms with E-state index < -0.39 is 0 Å². The standard InChI is InChI=1S/C10H8BClN4/c11-16-8-3-1-2-7(4-8)15-10-5-9(12)13-6-14-10/h1-6,16H,(H,13,14,15). The number of nitrogens with zero attached hydrogens (tertiary/aromatic N) is 2. The molecule has 2 N–H and O–H groups in total. The van der Waals surface area contributed by atoms with Gasteiger partial charge in [0.15, 0.2) is 0 Å². The summed E-state index contributed by atoms with van der Waals surface area (Å²) in [6, 6.07) is 9.13. The van der Waals surface area contributed by atoms with Crippen molar-refractivity contribution in [3.8, 4) is 0 Å². The van der Waals surface area contributed by atoms with Gasteiger partial charge in [0.05, 0.1) is 0 Å². The number of halogens is 1. The molecule has 0 spiro atoms. The van der Waals surface area contributed by atoms with Crippen LogP contribution in [0.4, 0.5) is 17.2 Å². The van der Waals surface area contributed by atoms with E-state index in [-0.39, 0.29) is 0 Å². The third-order valence-corrected chi connectivity index (χ3v) is 2.14. The van der Waals surface area contributed by atoms with Crippen molar-refractivity contribution < 1.29 is 0 Å². The highest BCUT2D eigenvalue weighted by atomic mass is 35.5. The van der Waals surface area contributed by atoms with Crippen molar-refractivity contribution in [2.75, 3.05) is 10.5 Å². The summed E-state index contributed by atoms with van der Waals surface area (Å²) >= 11 is 5.75. The van der Waals surface area contributed by atoms with Gasteiger partial charge in [0.1, 0.15) is 17.3 Å². The van der Waals surface area contributed by atoms with Crippen molar-refractivity contribution in [2.24, 2.45) is 0 Å². The number of benzene rings is 1. The smallest absolute Gasteiger partial charge is 0.222 e. The lowest BCUT2D eigenvalue weighted by Gasteiger charge is -2.07. The molecule has 0 bridgehead atoms. The highest BCUT2D eigenvalue weighted by molar-refractivity contribution is 6.29. The molecule has 2 aromatic rings. The molecule has 1 aromatic carbocycles. The van der Waals surface area contributed by atoms with Gasteiger partial charge in [0.25, 0.3) is 0 Å². The van der Waals surface area contributed by atoms with Crippen LogP contribution in [0.25, 0.3) is 0 Å². The van der Waals surface area contributed by atoms with Crippen LogP contribution in [-0.4, -0.2) is 17.9 Å². The zero-order valence-electron chi connectivity index (χ0n) is 8.31. The van der Waals surface area contributed by atoms with E-state index in [9.17, 15) is 0 Å². The Kier molecular flexibility index (Phi) is 3.26. The average Bonchev–Trinajstić information content (AvgIpc) is 2.29. The van der Waals surface area contributed by atoms with Crippen LogP contribution in [0.15, 0.2) is 36.7 Å². The minimum atomic E-state index is 0.394. The fraction of sp³-hybridized carbons (Fsp3) is 0. The van der Waals surface area contributed by atoms with Crippen molar-refractivity contribution >= 4 is 36.8 Å². The number of hydrogen-bond donors (Lipinski definition) is 2. The molecule has 0 unspecified atom stereocenters. The van der Waals surface area contributed by atoms with Gasteiger partial charge >= 0.3 is 0 Å². The van der Waals surface area contributed by atoms with Gasteiger partial charge in [0.2, 0.25) is 7.98 Å². The second-order valence-electron chi connectivity index (χ2n) is 3.08. The lowest BCUT2D eigenvalue weighted by Crippen LogP contribution is -1.96. The van der Waals surface area contributed by atoms with Gasteiger partial charge in [-0.05, 0) is 18.2 Å². The van der Waals surface area contributed by atoms with Crippen molar-refractivity contribution in [1.29, 1.82) is 0 Å². The molecule has 0 aliphatic carbocycles. The molecule has 1 heterocycles. The zero-order valence-corrected chi connectivity index (χ0v) is 9.07. The van der Waals surface area contributed by atoms with E-state index in [4.69, 9.17) is 19.6 Å². The quantitative estimate of drug-likeness (QED) is 0.628. The molecule has 2 rings (SSSR count). The second kappa shape index (κ2) is 4.85. The van der Waals surface area contributed by atoms with Gasteiger partial charge in [-0.25, -0.2) is 9.97 Å². The summed E-state index contributed by atoms with van der Waals surface area (Å²) in [4.78, 5) is 7.83. The maximum absolute atomic E-state index is 5.75. The largest absolute Gasteiger partial charge is 0.437 e. The minimum Gasteiger partial charge on any atom is -0.437 e. The molecule has 4 nitrogen and oxygen atoms in total. The van der Waals surface area contributed by atoms with Gasteiger partial charge in [0, 0.05) is 17.4 Å². The number of aromatic nitrogens is 2. The van der Waals surface area contributed by atoms with Crippen LogP contribution in [0.5, 0.6) is 0 Å². The maximum Gasteiger partial charge on any atom is 0.222 e. The Morgan fingerprint density at radius 1 is 1.12 bits per heavy atom. The fourth-order valence-corrected chi connectivity index (χ4v) is 1.38. The Labute approximate surface area is 99.5 Å². The first kappa shape index (κ1) is 10.8. The van der Waals surface area contributed by atoms with E-state index in [0.29, 0.717) is 11.0 Å². The van der Waals surface area contributed by atoms with E-state index in [1.165, 1.54) is 6.33 Å². The maximum atomic E-state index is 5.75. The predicted octanol–water partition coefficient (Wildman–Crippen LogP) is 2.37. The van der Waals surface area contributed by atoms with Crippen LogP contribution in [0.2, 0.25) is 5.15 Å². The number of rotatable bonds is 3. The minimum absolute atomic E-state index is 0.394. The molecule has 0 saturated heterocycles. The van der Waals surface area contributed by atoms with E-state index >= 15 is 0 Å². The van der Waals surface area contributed by atoms with Crippen molar-refractivity contribution in [2.45, 2.75) is 0 Å². The van der Waals surface area contributed by atoms with E-state index in [1.807, 2.05) is 24.3 Å². The molecule has 6 heteroatoms. The number of hydrogen-bond acceptors (Lipinski definition) is 4. The van der Waals surface area contributed by atoms with Gasteiger partial charge in [-0.3, -0.25) is 0 Å². The van der Waals surface area contributed by atoms with Crippen molar-refractivity contribution in [3.05, 3.63) is 41.8 Å². The average molecular weight is 230 g/mol. The van der Waals surface area contributed by atoms with Crippen LogP contribution in [0.3, 0.4) is 0 Å². The first-order valence-corrected chi connectivity index (χ1v) is 4.97. The van der Waals surface area contributed by atoms with Crippen LogP contribution < -0.4 is 10.5 Å². The summed E-state index contributed by atoms with van der Waals surface area (Å²) in [6.07, 6.45) is 1.40. The lowest BCUT2D eigenvalue weighted by molar-refractivity contribution is 1.17. The Hall–Kier alpha value is -1.75. The molecule has 2 radical (unpaired) electrons. The highest BCUT2D eigenvalue weighted by Crippen LogP contribution is 2.19. The molecule has 0 amide bonds. The predicted molar refractivity (Wildman–Crippen MR) is 66.1 cm³/mol. The molecule has 0 aliphatic heterocycles. The normalized spacial score (nSPS) is 9.81. The summed E-state index contributed by atoms with van der Waals surface area (Å²) in [7, 11) is 5.31. The van der Waals surface area contributed by atoms with Crippen molar-refractivity contribution in [3.63, 3.8) is 0 Å². The van der Waals surface area contributed by atoms with Crippen LogP contribution in [0, 0.1) is 0 Å². The molecule has 78 valence electrons. The summed E-state index contributed by atoms with van der Waals surface area (Å²) in [6.45, 7) is 0. The Bertz CT molecular complexity index is 492. The third kappa shape index (κ3) is 2.64. The molecular weight excluding hydrogens is 222 g/mol. The van der Waals surface area contributed by atoms with Crippen LogP contribution >= 0.6 is 11.6 Å². The Morgan fingerprint density at radius 3 is 2.69 bits per heavy atom. The van der Waals surface area contributed by atoms with Crippen molar-refractivity contribution in [1.82, 2.24) is 9.97 Å². The van der Waals surface area contributed by atoms with E-state index in [1.54, 1.807) is 6.07 Å². The first-order valence-electron chi connectivity index (χ1n) is 4.59. The van der Waals surface area contributed by atoms with Crippen LogP contribution in [-0.2, 0) is 0 Å². The summed E-state index contributed by atoms with van der Waals surface area (Å²) < 4.78 is 0. The third-order valence-electron chi connectivity index (χ3n) is 1.94. The molecular formula is C10H8BClN4. The van der Waals surface area contributed by atoms with E-state index in [2.05, 4.69) is 20.5 Å². The first-order chi connectivity index (χ1) is 7.78. The van der Waals surface area contributed by atoms with Gasteiger partial charge in [-0.1, -0.05) is 17.7 Å². The van der Waals surface area contributed by atoms with Gasteiger partial charge in [-0.15, -0.1) is 0 Å². The topological polar surface area (TPSA) is 49.8 Å². The highest BCUT2D eigenvalue weighted by Gasteiger charge is 1.98.